The second kappa shape index (κ2) is 6.23. The van der Waals surface area contributed by atoms with Gasteiger partial charge < -0.3 is 10.5 Å². The molecular formula is C13H15ClN2O5S. The highest BCUT2D eigenvalue weighted by Crippen LogP contribution is 2.33. The Hall–Kier alpha value is -1.64. The normalized spacial score (nSPS) is 16.1. The Kier molecular flexibility index (Phi) is 4.74. The number of nitrogens with two attached hydrogens (primary N) is 1. The van der Waals surface area contributed by atoms with E-state index in [-0.39, 0.29) is 40.9 Å². The van der Waals surface area contributed by atoms with Crippen LogP contribution in [0.15, 0.2) is 23.1 Å². The number of benzene rings is 1. The molecule has 0 bridgehead atoms. The van der Waals surface area contributed by atoms with Gasteiger partial charge in [-0.1, -0.05) is 17.7 Å². The van der Waals surface area contributed by atoms with Gasteiger partial charge in [-0.3, -0.25) is 4.79 Å². The fourth-order valence-corrected chi connectivity index (χ4v) is 4.59. The molecular weight excluding hydrogens is 332 g/mol. The summed E-state index contributed by atoms with van der Waals surface area (Å²) in [6.45, 7) is 0.328. The summed E-state index contributed by atoms with van der Waals surface area (Å²) in [6, 6.07) is 4.20. The first-order valence-electron chi connectivity index (χ1n) is 6.42. The Labute approximate surface area is 133 Å². The summed E-state index contributed by atoms with van der Waals surface area (Å²) in [4.78, 5) is 22.3. The summed E-state index contributed by atoms with van der Waals surface area (Å²) < 4.78 is 31.0. The maximum absolute atomic E-state index is 12.6. The van der Waals surface area contributed by atoms with Gasteiger partial charge in [-0.05, 0) is 18.1 Å². The fourth-order valence-electron chi connectivity index (χ4n) is 2.30. The maximum Gasteiger partial charge on any atom is 0.339 e. The Morgan fingerprint density at radius 2 is 2.05 bits per heavy atom. The molecule has 2 rings (SSSR count). The van der Waals surface area contributed by atoms with Gasteiger partial charge in [-0.15, -0.1) is 0 Å². The second-order valence-electron chi connectivity index (χ2n) is 4.97. The number of hydrogen-bond donors (Lipinski definition) is 1. The van der Waals surface area contributed by atoms with Gasteiger partial charge in [-0.2, -0.15) is 4.31 Å². The molecule has 1 aromatic carbocycles. The molecule has 120 valence electrons. The minimum atomic E-state index is -3.94. The molecule has 1 saturated heterocycles. The predicted molar refractivity (Wildman–Crippen MR) is 78.9 cm³/mol. The summed E-state index contributed by atoms with van der Waals surface area (Å²) in [7, 11) is -2.78. The van der Waals surface area contributed by atoms with E-state index in [1.165, 1.54) is 18.2 Å². The lowest BCUT2D eigenvalue weighted by atomic mass is 9.99. The molecule has 22 heavy (non-hydrogen) atoms. The van der Waals surface area contributed by atoms with Gasteiger partial charge in [0.1, 0.15) is 4.90 Å². The molecule has 0 unspecified atom stereocenters. The monoisotopic (exact) mass is 346 g/mol. The number of carbonyl (C=O) groups is 2. The standard InChI is InChI=1S/C13H15ClN2O5S/c1-21-13(18)9-3-2-4-10(14)12(9)22(19,20)16-6-8(7-16)5-11(15)17/h2-4,8H,5-7H2,1H3,(H2,15,17). The number of ether oxygens (including phenoxy) is 1. The second-order valence-corrected chi connectivity index (χ2v) is 7.25. The van der Waals surface area contributed by atoms with E-state index in [0.29, 0.717) is 0 Å². The highest BCUT2D eigenvalue weighted by Gasteiger charge is 2.40. The molecule has 0 aliphatic carbocycles. The van der Waals surface area contributed by atoms with Crippen molar-refractivity contribution < 1.29 is 22.7 Å². The number of amides is 1. The van der Waals surface area contributed by atoms with Gasteiger partial charge in [0.25, 0.3) is 0 Å². The number of sulfonamides is 1. The molecule has 9 heteroatoms. The largest absolute Gasteiger partial charge is 0.465 e. The van der Waals surface area contributed by atoms with Crippen LogP contribution in [0.4, 0.5) is 0 Å². The van der Waals surface area contributed by atoms with Crippen molar-refractivity contribution in [1.82, 2.24) is 4.31 Å². The van der Waals surface area contributed by atoms with Crippen LogP contribution in [0.3, 0.4) is 0 Å². The lowest BCUT2D eigenvalue weighted by Gasteiger charge is -2.37. The Morgan fingerprint density at radius 1 is 1.41 bits per heavy atom. The fraction of sp³-hybridized carbons (Fsp3) is 0.385. The third-order valence-electron chi connectivity index (χ3n) is 3.38. The zero-order valence-corrected chi connectivity index (χ0v) is 13.4. The van der Waals surface area contributed by atoms with Gasteiger partial charge >= 0.3 is 5.97 Å². The van der Waals surface area contributed by atoms with Crippen LogP contribution in [0, 0.1) is 5.92 Å². The first-order valence-corrected chi connectivity index (χ1v) is 8.24. The molecule has 0 atom stereocenters. The summed E-state index contributed by atoms with van der Waals surface area (Å²) in [6.07, 6.45) is 0.123. The zero-order chi connectivity index (χ0) is 16.5. The van der Waals surface area contributed by atoms with Crippen LogP contribution in [0.1, 0.15) is 16.8 Å². The first kappa shape index (κ1) is 16.7. The third kappa shape index (κ3) is 3.08. The third-order valence-corrected chi connectivity index (χ3v) is 5.74. The van der Waals surface area contributed by atoms with Crippen LogP contribution < -0.4 is 5.73 Å². The van der Waals surface area contributed by atoms with Crippen molar-refractivity contribution in [2.75, 3.05) is 20.2 Å². The van der Waals surface area contributed by atoms with E-state index in [4.69, 9.17) is 17.3 Å². The smallest absolute Gasteiger partial charge is 0.339 e. The van der Waals surface area contributed by atoms with Crippen molar-refractivity contribution in [3.05, 3.63) is 28.8 Å². The van der Waals surface area contributed by atoms with Gasteiger partial charge in [0.15, 0.2) is 0 Å². The van der Waals surface area contributed by atoms with Crippen molar-refractivity contribution in [3.63, 3.8) is 0 Å². The van der Waals surface area contributed by atoms with Crippen LogP contribution in [-0.2, 0) is 19.6 Å². The molecule has 1 aliphatic rings. The highest BCUT2D eigenvalue weighted by atomic mass is 35.5. The van der Waals surface area contributed by atoms with E-state index >= 15 is 0 Å². The van der Waals surface area contributed by atoms with Crippen molar-refractivity contribution in [3.8, 4) is 0 Å². The van der Waals surface area contributed by atoms with Gasteiger partial charge in [0.05, 0.1) is 17.7 Å². The average molecular weight is 347 g/mol. The van der Waals surface area contributed by atoms with Crippen molar-refractivity contribution in [2.45, 2.75) is 11.3 Å². The zero-order valence-electron chi connectivity index (χ0n) is 11.8. The SMILES string of the molecule is COC(=O)c1cccc(Cl)c1S(=O)(=O)N1CC(CC(N)=O)C1. The van der Waals surface area contributed by atoms with Crippen LogP contribution in [0.25, 0.3) is 0 Å². The lowest BCUT2D eigenvalue weighted by molar-refractivity contribution is -0.119. The van der Waals surface area contributed by atoms with Gasteiger partial charge in [0, 0.05) is 19.5 Å². The van der Waals surface area contributed by atoms with E-state index in [2.05, 4.69) is 4.74 Å². The summed E-state index contributed by atoms with van der Waals surface area (Å²) >= 11 is 5.97. The lowest BCUT2D eigenvalue weighted by Crippen LogP contribution is -2.51. The molecule has 0 aromatic heterocycles. The number of nitrogens with zero attached hydrogens (tertiary/aromatic N) is 1. The molecule has 1 fully saturated rings. The summed E-state index contributed by atoms with van der Waals surface area (Å²) in [5, 5.41) is -0.0544. The van der Waals surface area contributed by atoms with Gasteiger partial charge in [0.2, 0.25) is 15.9 Å². The number of halogens is 1. The van der Waals surface area contributed by atoms with E-state index in [1.807, 2.05) is 0 Å². The minimum Gasteiger partial charge on any atom is -0.465 e. The molecule has 1 aromatic rings. The summed E-state index contributed by atoms with van der Waals surface area (Å²) in [5.74, 6) is -1.37. The van der Waals surface area contributed by atoms with E-state index in [0.717, 1.165) is 11.4 Å². The Balaban J connectivity index is 2.32. The van der Waals surface area contributed by atoms with Crippen LogP contribution in [0.5, 0.6) is 0 Å². The molecule has 2 N–H and O–H groups in total. The number of rotatable bonds is 5. The number of carbonyl (C=O) groups excluding carboxylic acids is 2. The maximum atomic E-state index is 12.6. The molecule has 1 heterocycles. The van der Waals surface area contributed by atoms with Crippen LogP contribution in [-0.4, -0.2) is 44.8 Å². The Morgan fingerprint density at radius 3 is 2.59 bits per heavy atom. The Bertz CT molecular complexity index is 713. The topological polar surface area (TPSA) is 107 Å². The van der Waals surface area contributed by atoms with E-state index in [9.17, 15) is 18.0 Å². The quantitative estimate of drug-likeness (QED) is 0.786. The van der Waals surface area contributed by atoms with Crippen molar-refractivity contribution in [2.24, 2.45) is 11.7 Å². The molecule has 0 radical (unpaired) electrons. The average Bonchev–Trinajstić information content (AvgIpc) is 2.40. The number of methoxy groups -OCH3 is 1. The molecule has 1 aliphatic heterocycles. The molecule has 0 spiro atoms. The molecule has 0 saturated carbocycles. The predicted octanol–water partition coefficient (Wildman–Crippen LogP) is 0.623. The minimum absolute atomic E-state index is 0.0544. The van der Waals surface area contributed by atoms with Crippen molar-refractivity contribution in [1.29, 1.82) is 0 Å². The molecule has 7 nitrogen and oxygen atoms in total. The number of hydrogen-bond acceptors (Lipinski definition) is 5. The first-order chi connectivity index (χ1) is 10.3. The summed E-state index contributed by atoms with van der Waals surface area (Å²) in [5.41, 5.74) is 4.97. The number of esters is 1. The van der Waals surface area contributed by atoms with E-state index < -0.39 is 21.9 Å². The van der Waals surface area contributed by atoms with Crippen LogP contribution >= 0.6 is 11.6 Å². The van der Waals surface area contributed by atoms with E-state index in [1.54, 1.807) is 0 Å². The number of primary amides is 1. The van der Waals surface area contributed by atoms with Crippen LogP contribution in [0.2, 0.25) is 5.02 Å². The van der Waals surface area contributed by atoms with Gasteiger partial charge in [-0.25, -0.2) is 13.2 Å². The highest BCUT2D eigenvalue weighted by molar-refractivity contribution is 7.89. The van der Waals surface area contributed by atoms with Crippen molar-refractivity contribution >= 4 is 33.5 Å². The molecule has 1 amide bonds.